The Morgan fingerprint density at radius 1 is 1.08 bits per heavy atom. The van der Waals surface area contributed by atoms with Crippen LogP contribution in [-0.2, 0) is 30.0 Å². The minimum atomic E-state index is -3.28. The fraction of sp³-hybridized carbons (Fsp3) is 0.389. The average Bonchev–Trinajstić information content (AvgIpc) is 3.63. The second-order valence-electron chi connectivity index (χ2n) is 13.7. The zero-order chi connectivity index (χ0) is 34.9. The second kappa shape index (κ2) is 12.1. The van der Waals surface area contributed by atoms with E-state index < -0.39 is 28.8 Å². The van der Waals surface area contributed by atoms with Crippen molar-refractivity contribution in [1.82, 2.24) is 29.3 Å². The van der Waals surface area contributed by atoms with Crippen LogP contribution >= 0.6 is 0 Å². The standard InChI is InChI=1S/C36H38FN7O5S/c1-21-14-26(44-11-3-13-50(44,48)49)7-8-27(21)29-9-6-24-16-32(43(33(24)39-29)19-22-4-5-22)34-40-30-17-28-23(15-31(30)41(34)2)10-12-42(35(28)45)20-25(18-37)38-36(46)47/h6-9,14-17,22,25,38H,3-5,10-13,18-20H2,1-2H3,(H,46,47). The summed E-state index contributed by atoms with van der Waals surface area (Å²) in [5.74, 6) is 1.21. The molecule has 0 bridgehead atoms. The van der Waals surface area contributed by atoms with Crippen LogP contribution in [0.2, 0.25) is 0 Å². The van der Waals surface area contributed by atoms with Crippen molar-refractivity contribution in [2.45, 2.75) is 45.2 Å². The van der Waals surface area contributed by atoms with E-state index in [0.29, 0.717) is 48.6 Å². The van der Waals surface area contributed by atoms with Gasteiger partial charge in [-0.25, -0.2) is 27.6 Å². The van der Waals surface area contributed by atoms with E-state index in [9.17, 15) is 22.4 Å². The number of rotatable bonds is 9. The lowest BCUT2D eigenvalue weighted by Gasteiger charge is -2.31. The Bertz CT molecular complexity index is 2310. The molecule has 2 aromatic carbocycles. The van der Waals surface area contributed by atoms with Crippen LogP contribution in [0, 0.1) is 12.8 Å². The third-order valence-corrected chi connectivity index (χ3v) is 12.1. The fourth-order valence-electron chi connectivity index (χ4n) is 7.42. The van der Waals surface area contributed by atoms with E-state index in [1.807, 2.05) is 44.3 Å². The van der Waals surface area contributed by atoms with E-state index in [0.717, 1.165) is 69.8 Å². The van der Waals surface area contributed by atoms with E-state index in [1.165, 1.54) is 9.21 Å². The number of carbonyl (C=O) groups is 2. The topological polar surface area (TPSA) is 143 Å². The number of nitrogens with one attached hydrogen (secondary N) is 1. The lowest BCUT2D eigenvalue weighted by Crippen LogP contribution is -2.48. The summed E-state index contributed by atoms with van der Waals surface area (Å²) < 4.78 is 44.4. The molecule has 14 heteroatoms. The molecule has 2 amide bonds. The van der Waals surface area contributed by atoms with Gasteiger partial charge in [-0.05, 0) is 92.1 Å². The summed E-state index contributed by atoms with van der Waals surface area (Å²) in [6, 6.07) is 14.7. The number of alkyl halides is 1. The van der Waals surface area contributed by atoms with Crippen molar-refractivity contribution >= 4 is 49.8 Å². The van der Waals surface area contributed by atoms with Crippen molar-refractivity contribution in [1.29, 1.82) is 0 Å². The van der Waals surface area contributed by atoms with E-state index in [4.69, 9.17) is 15.1 Å². The van der Waals surface area contributed by atoms with Gasteiger partial charge in [-0.3, -0.25) is 9.10 Å². The van der Waals surface area contributed by atoms with Gasteiger partial charge in [0.25, 0.3) is 5.91 Å². The smallest absolute Gasteiger partial charge is 0.405 e. The fourth-order valence-corrected chi connectivity index (χ4v) is 8.97. The average molecular weight is 700 g/mol. The van der Waals surface area contributed by atoms with E-state index in [2.05, 4.69) is 26.6 Å². The van der Waals surface area contributed by atoms with Crippen molar-refractivity contribution in [3.05, 3.63) is 65.2 Å². The molecular weight excluding hydrogens is 662 g/mol. The molecule has 50 heavy (non-hydrogen) atoms. The third-order valence-electron chi connectivity index (χ3n) is 10.2. The first-order chi connectivity index (χ1) is 24.0. The molecule has 1 atom stereocenters. The highest BCUT2D eigenvalue weighted by atomic mass is 32.2. The van der Waals surface area contributed by atoms with Crippen molar-refractivity contribution in [2.24, 2.45) is 13.0 Å². The van der Waals surface area contributed by atoms with Crippen LogP contribution in [0.3, 0.4) is 0 Å². The number of aryl methyl sites for hydroxylation is 2. The maximum atomic E-state index is 13.5. The number of halogens is 1. The molecule has 1 unspecified atom stereocenters. The Balaban J connectivity index is 1.16. The van der Waals surface area contributed by atoms with Crippen LogP contribution in [0.4, 0.5) is 14.9 Å². The number of pyridine rings is 1. The molecule has 2 N–H and O–H groups in total. The maximum Gasteiger partial charge on any atom is 0.405 e. The second-order valence-corrected chi connectivity index (χ2v) is 15.7. The first kappa shape index (κ1) is 32.2. The minimum absolute atomic E-state index is 0.0487. The van der Waals surface area contributed by atoms with Crippen LogP contribution in [0.15, 0.2) is 48.5 Å². The molecular formula is C36H38FN7O5S. The van der Waals surface area contributed by atoms with Gasteiger partial charge < -0.3 is 24.5 Å². The zero-order valence-electron chi connectivity index (χ0n) is 27.9. The summed E-state index contributed by atoms with van der Waals surface area (Å²) in [4.78, 5) is 36.3. The van der Waals surface area contributed by atoms with E-state index in [-0.39, 0.29) is 18.2 Å². The number of nitrogens with zero attached hydrogens (tertiary/aromatic N) is 6. The highest BCUT2D eigenvalue weighted by Gasteiger charge is 2.31. The summed E-state index contributed by atoms with van der Waals surface area (Å²) in [6.07, 6.45) is 2.16. The lowest BCUT2D eigenvalue weighted by molar-refractivity contribution is 0.0714. The number of fused-ring (bicyclic) bond motifs is 3. The molecule has 3 aromatic heterocycles. The van der Waals surface area contributed by atoms with Crippen LogP contribution in [-0.4, -0.2) is 87.6 Å². The molecule has 5 aromatic rings. The normalized spacial score (nSPS) is 17.9. The van der Waals surface area contributed by atoms with E-state index >= 15 is 0 Å². The van der Waals surface area contributed by atoms with E-state index in [1.54, 1.807) is 6.07 Å². The highest BCUT2D eigenvalue weighted by Crippen LogP contribution is 2.38. The van der Waals surface area contributed by atoms with Gasteiger partial charge in [0.15, 0.2) is 5.82 Å². The Hall–Kier alpha value is -4.98. The number of aromatic nitrogens is 4. The van der Waals surface area contributed by atoms with Crippen molar-refractivity contribution in [3.63, 3.8) is 0 Å². The van der Waals surface area contributed by atoms with Gasteiger partial charge >= 0.3 is 6.09 Å². The van der Waals surface area contributed by atoms with Gasteiger partial charge in [0.05, 0.1) is 39.9 Å². The molecule has 1 saturated carbocycles. The number of hydrogen-bond donors (Lipinski definition) is 2. The number of carbonyl (C=O) groups excluding carboxylic acids is 1. The predicted molar refractivity (Wildman–Crippen MR) is 189 cm³/mol. The van der Waals surface area contributed by atoms with Gasteiger partial charge in [0.1, 0.15) is 12.3 Å². The Labute approximate surface area is 288 Å². The molecule has 0 spiro atoms. The number of hydrogen-bond acceptors (Lipinski definition) is 6. The van der Waals surface area contributed by atoms with Gasteiger partial charge in [-0.1, -0.05) is 6.07 Å². The molecule has 3 aliphatic rings. The molecule has 8 rings (SSSR count). The largest absolute Gasteiger partial charge is 0.465 e. The number of benzene rings is 2. The van der Waals surface area contributed by atoms with Crippen LogP contribution in [0.1, 0.15) is 40.7 Å². The Morgan fingerprint density at radius 3 is 2.60 bits per heavy atom. The van der Waals surface area contributed by atoms with Crippen LogP contribution < -0.4 is 9.62 Å². The first-order valence-corrected chi connectivity index (χ1v) is 18.6. The first-order valence-electron chi connectivity index (χ1n) is 17.0. The minimum Gasteiger partial charge on any atom is -0.465 e. The SMILES string of the molecule is Cc1cc(N2CCCS2(=O)=O)ccc1-c1ccc2cc(-c3nc4cc5c(cc4n3C)CCN(CC(CF)NC(=O)O)C5=O)n(CC3CC3)c2n1. The molecule has 2 aliphatic heterocycles. The number of sulfonamides is 1. The molecule has 0 radical (unpaired) electrons. The number of carboxylic acid groups (broad SMARTS) is 1. The van der Waals surface area contributed by atoms with Crippen LogP contribution in [0.5, 0.6) is 0 Å². The molecule has 260 valence electrons. The van der Waals surface area contributed by atoms with Crippen LogP contribution in [0.25, 0.3) is 44.8 Å². The molecule has 2 fully saturated rings. The number of anilines is 1. The quantitative estimate of drug-likeness (QED) is 0.218. The summed E-state index contributed by atoms with van der Waals surface area (Å²) in [5.41, 5.74) is 8.08. The summed E-state index contributed by atoms with van der Waals surface area (Å²) in [5, 5.41) is 12.2. The molecule has 5 heterocycles. The van der Waals surface area contributed by atoms with Crippen molar-refractivity contribution in [3.8, 4) is 22.8 Å². The van der Waals surface area contributed by atoms with Gasteiger partial charge in [0.2, 0.25) is 10.0 Å². The number of amides is 2. The monoisotopic (exact) mass is 699 g/mol. The zero-order valence-corrected chi connectivity index (χ0v) is 28.7. The lowest BCUT2D eigenvalue weighted by atomic mass is 9.97. The van der Waals surface area contributed by atoms with Crippen molar-refractivity contribution < 1.29 is 27.5 Å². The summed E-state index contributed by atoms with van der Waals surface area (Å²) in [7, 11) is -1.30. The highest BCUT2D eigenvalue weighted by molar-refractivity contribution is 7.93. The maximum absolute atomic E-state index is 13.5. The van der Waals surface area contributed by atoms with Gasteiger partial charge in [0, 0.05) is 49.7 Å². The third kappa shape index (κ3) is 5.64. The Morgan fingerprint density at radius 2 is 1.90 bits per heavy atom. The van der Waals surface area contributed by atoms with Gasteiger partial charge in [-0.15, -0.1) is 0 Å². The molecule has 1 saturated heterocycles. The van der Waals surface area contributed by atoms with Gasteiger partial charge in [-0.2, -0.15) is 0 Å². The summed E-state index contributed by atoms with van der Waals surface area (Å²) in [6.45, 7) is 2.68. The predicted octanol–water partition coefficient (Wildman–Crippen LogP) is 5.12. The molecule has 1 aliphatic carbocycles. The van der Waals surface area contributed by atoms with Crippen molar-refractivity contribution in [2.75, 3.05) is 36.4 Å². The molecule has 12 nitrogen and oxygen atoms in total. The Kier molecular flexibility index (Phi) is 7.81. The number of imidazole rings is 1. The summed E-state index contributed by atoms with van der Waals surface area (Å²) >= 11 is 0.